The molecule has 3 aromatic rings. The number of carbonyl (C=O) groups excluding carboxylic acids is 1. The Morgan fingerprint density at radius 3 is 2.75 bits per heavy atom. The Morgan fingerprint density at radius 2 is 2.03 bits per heavy atom. The fraction of sp³-hybridized carbons (Fsp3) is 0.393. The fourth-order valence-electron chi connectivity index (χ4n) is 5.36. The second-order valence-corrected chi connectivity index (χ2v) is 9.85. The molecule has 2 aliphatic rings. The first-order valence-electron chi connectivity index (χ1n) is 12.7. The Hall–Kier alpha value is -3.39. The van der Waals surface area contributed by atoms with E-state index in [9.17, 15) is 4.79 Å². The van der Waals surface area contributed by atoms with Gasteiger partial charge in [0, 0.05) is 42.8 Å². The number of ether oxygens (including phenoxy) is 1. The molecular formula is C28H33N5O2S. The third-order valence-corrected chi connectivity index (χ3v) is 7.55. The van der Waals surface area contributed by atoms with E-state index in [1.165, 1.54) is 37.7 Å². The van der Waals surface area contributed by atoms with Crippen LogP contribution in [0.25, 0.3) is 0 Å². The lowest BCUT2D eigenvalue weighted by Gasteiger charge is -2.28. The SMILES string of the molecule is CCC(=O)Nc1ccc(N2C(=S)N[C@H](c3ccccn3)[C@@H]2c2ccn(C3CCCCC3)c2)cc1OC. The standard InChI is InChI=1S/C28H33N5O2S/c1-3-25(34)30-22-13-12-21(17-24(22)35-2)33-27(26(31-28(33)36)23-11-7-8-15-29-23)19-14-16-32(18-19)20-9-5-4-6-10-20/h7-8,11-18,20,26-27H,3-6,9-10H2,1-2H3,(H,30,34)(H,31,36)/t26-,27+/m1/s1. The van der Waals surface area contributed by atoms with Gasteiger partial charge < -0.3 is 24.8 Å². The molecule has 2 atom stereocenters. The van der Waals surface area contributed by atoms with Gasteiger partial charge in [0.05, 0.1) is 30.6 Å². The molecule has 2 N–H and O–H groups in total. The van der Waals surface area contributed by atoms with E-state index in [4.69, 9.17) is 17.0 Å². The first-order chi connectivity index (χ1) is 17.6. The molecule has 1 aliphatic heterocycles. The quantitative estimate of drug-likeness (QED) is 0.390. The second kappa shape index (κ2) is 10.7. The molecule has 36 heavy (non-hydrogen) atoms. The number of aromatic nitrogens is 2. The molecule has 8 heteroatoms. The van der Waals surface area contributed by atoms with Gasteiger partial charge in [0.25, 0.3) is 0 Å². The van der Waals surface area contributed by atoms with Gasteiger partial charge in [-0.25, -0.2) is 0 Å². The van der Waals surface area contributed by atoms with Crippen molar-refractivity contribution in [2.45, 2.75) is 63.6 Å². The molecule has 7 nitrogen and oxygen atoms in total. The summed E-state index contributed by atoms with van der Waals surface area (Å²) in [7, 11) is 1.61. The van der Waals surface area contributed by atoms with E-state index in [0.29, 0.717) is 29.0 Å². The van der Waals surface area contributed by atoms with Crippen molar-refractivity contribution in [2.75, 3.05) is 17.3 Å². The number of methoxy groups -OCH3 is 1. The lowest BCUT2D eigenvalue weighted by Crippen LogP contribution is -2.29. The summed E-state index contributed by atoms with van der Waals surface area (Å²) in [5.41, 5.74) is 3.67. The summed E-state index contributed by atoms with van der Waals surface area (Å²) in [5, 5.41) is 7.07. The molecule has 3 heterocycles. The molecule has 5 rings (SSSR count). The highest BCUT2D eigenvalue weighted by atomic mass is 32.1. The molecule has 188 valence electrons. The number of pyridine rings is 1. The van der Waals surface area contributed by atoms with Gasteiger partial charge >= 0.3 is 0 Å². The highest BCUT2D eigenvalue weighted by Gasteiger charge is 2.41. The van der Waals surface area contributed by atoms with Gasteiger partial charge in [-0.2, -0.15) is 0 Å². The topological polar surface area (TPSA) is 71.4 Å². The summed E-state index contributed by atoms with van der Waals surface area (Å²) in [4.78, 5) is 18.8. The zero-order valence-corrected chi connectivity index (χ0v) is 21.6. The van der Waals surface area contributed by atoms with Crippen LogP contribution in [0, 0.1) is 0 Å². The van der Waals surface area contributed by atoms with Crippen molar-refractivity contribution >= 4 is 34.6 Å². The molecule has 1 aromatic carbocycles. The van der Waals surface area contributed by atoms with Gasteiger partial charge in [-0.15, -0.1) is 0 Å². The maximum absolute atomic E-state index is 12.0. The minimum atomic E-state index is -0.105. The van der Waals surface area contributed by atoms with Gasteiger partial charge in [0.1, 0.15) is 5.75 Å². The number of carbonyl (C=O) groups is 1. The number of nitrogens with zero attached hydrogens (tertiary/aromatic N) is 3. The van der Waals surface area contributed by atoms with Crippen LogP contribution in [0.1, 0.15) is 74.8 Å². The molecule has 1 saturated carbocycles. The average Bonchev–Trinajstić information content (AvgIpc) is 3.54. The minimum Gasteiger partial charge on any atom is -0.494 e. The van der Waals surface area contributed by atoms with Crippen molar-refractivity contribution in [1.29, 1.82) is 0 Å². The number of thiocarbonyl (C=S) groups is 1. The molecule has 0 bridgehead atoms. The van der Waals surface area contributed by atoms with Gasteiger partial charge in [-0.3, -0.25) is 9.78 Å². The normalized spacial score (nSPS) is 20.3. The number of rotatable bonds is 7. The zero-order chi connectivity index (χ0) is 25.1. The highest BCUT2D eigenvalue weighted by molar-refractivity contribution is 7.80. The number of amides is 1. The van der Waals surface area contributed by atoms with E-state index in [1.54, 1.807) is 7.11 Å². The molecular weight excluding hydrogens is 470 g/mol. The van der Waals surface area contributed by atoms with Gasteiger partial charge in [-0.1, -0.05) is 32.3 Å². The molecule has 0 spiro atoms. The Morgan fingerprint density at radius 1 is 1.19 bits per heavy atom. The van der Waals surface area contributed by atoms with E-state index in [2.05, 4.69) is 43.5 Å². The predicted molar refractivity (Wildman–Crippen MR) is 146 cm³/mol. The van der Waals surface area contributed by atoms with Crippen molar-refractivity contribution < 1.29 is 9.53 Å². The summed E-state index contributed by atoms with van der Waals surface area (Å²) in [5.74, 6) is 0.536. The summed E-state index contributed by atoms with van der Waals surface area (Å²) in [6.07, 6.45) is 13.1. The highest BCUT2D eigenvalue weighted by Crippen LogP contribution is 2.44. The summed E-state index contributed by atoms with van der Waals surface area (Å²) in [6.45, 7) is 1.83. The van der Waals surface area contributed by atoms with Crippen LogP contribution in [0.5, 0.6) is 5.75 Å². The minimum absolute atomic E-state index is 0.0587. The molecule has 1 aliphatic carbocycles. The van der Waals surface area contributed by atoms with Crippen molar-refractivity contribution in [3.8, 4) is 5.75 Å². The summed E-state index contributed by atoms with van der Waals surface area (Å²) >= 11 is 5.88. The molecule has 1 amide bonds. The molecule has 0 unspecified atom stereocenters. The summed E-state index contributed by atoms with van der Waals surface area (Å²) < 4.78 is 8.02. The van der Waals surface area contributed by atoms with Crippen LogP contribution >= 0.6 is 12.2 Å². The van der Waals surface area contributed by atoms with E-state index in [-0.39, 0.29) is 18.0 Å². The van der Waals surface area contributed by atoms with Crippen molar-refractivity contribution in [1.82, 2.24) is 14.9 Å². The van der Waals surface area contributed by atoms with Crippen LogP contribution in [0.4, 0.5) is 11.4 Å². The van der Waals surface area contributed by atoms with Gasteiger partial charge in [0.15, 0.2) is 5.11 Å². The Labute approximate surface area is 217 Å². The molecule has 0 radical (unpaired) electrons. The average molecular weight is 504 g/mol. The van der Waals surface area contributed by atoms with E-state index >= 15 is 0 Å². The van der Waals surface area contributed by atoms with E-state index in [0.717, 1.165) is 11.4 Å². The Balaban J connectivity index is 1.53. The lowest BCUT2D eigenvalue weighted by atomic mass is 9.95. The number of anilines is 2. The largest absolute Gasteiger partial charge is 0.494 e. The van der Waals surface area contributed by atoms with Crippen molar-refractivity contribution in [3.63, 3.8) is 0 Å². The Bertz CT molecular complexity index is 1220. The smallest absolute Gasteiger partial charge is 0.224 e. The zero-order valence-electron chi connectivity index (χ0n) is 20.8. The maximum atomic E-state index is 12.0. The molecule has 1 saturated heterocycles. The fourth-order valence-corrected chi connectivity index (χ4v) is 5.70. The monoisotopic (exact) mass is 503 g/mol. The molecule has 2 aromatic heterocycles. The van der Waals surface area contributed by atoms with Crippen LogP contribution in [0.3, 0.4) is 0 Å². The van der Waals surface area contributed by atoms with Crippen molar-refractivity contribution in [3.05, 3.63) is 72.3 Å². The van der Waals surface area contributed by atoms with Crippen LogP contribution < -0.4 is 20.3 Å². The van der Waals surface area contributed by atoms with Gasteiger partial charge in [-0.05, 0) is 61.0 Å². The molecule has 2 fully saturated rings. The second-order valence-electron chi connectivity index (χ2n) is 9.47. The van der Waals surface area contributed by atoms with Crippen LogP contribution in [0.2, 0.25) is 0 Å². The van der Waals surface area contributed by atoms with Crippen molar-refractivity contribution in [2.24, 2.45) is 0 Å². The first kappa shape index (κ1) is 24.3. The van der Waals surface area contributed by atoms with Crippen LogP contribution in [-0.2, 0) is 4.79 Å². The number of nitrogens with one attached hydrogen (secondary N) is 2. The Kier molecular flexibility index (Phi) is 7.23. The van der Waals surface area contributed by atoms with Gasteiger partial charge in [0.2, 0.25) is 5.91 Å². The van der Waals surface area contributed by atoms with Crippen LogP contribution in [0.15, 0.2) is 61.1 Å². The van der Waals surface area contributed by atoms with E-state index in [1.807, 2.05) is 49.5 Å². The lowest BCUT2D eigenvalue weighted by molar-refractivity contribution is -0.115. The third-order valence-electron chi connectivity index (χ3n) is 7.23. The maximum Gasteiger partial charge on any atom is 0.224 e. The predicted octanol–water partition coefficient (Wildman–Crippen LogP) is 5.92. The number of hydrogen-bond donors (Lipinski definition) is 2. The third kappa shape index (κ3) is 4.82. The first-order valence-corrected chi connectivity index (χ1v) is 13.2. The summed E-state index contributed by atoms with van der Waals surface area (Å²) in [6, 6.07) is 14.3. The van der Waals surface area contributed by atoms with E-state index < -0.39 is 0 Å². The van der Waals surface area contributed by atoms with Crippen LogP contribution in [-0.4, -0.2) is 27.7 Å². The number of hydrogen-bond acceptors (Lipinski definition) is 4. The number of benzene rings is 1.